The molecule has 0 aromatic heterocycles. The van der Waals surface area contributed by atoms with Gasteiger partial charge < -0.3 is 10.1 Å². The zero-order valence-corrected chi connectivity index (χ0v) is 18.1. The van der Waals surface area contributed by atoms with E-state index in [0.717, 1.165) is 36.6 Å². The van der Waals surface area contributed by atoms with E-state index in [4.69, 9.17) is 4.74 Å². The number of halogens is 1. The highest BCUT2D eigenvalue weighted by Gasteiger charge is 2.50. The molecule has 2 aliphatic carbocycles. The quantitative estimate of drug-likeness (QED) is 0.655. The van der Waals surface area contributed by atoms with Crippen LogP contribution in [0.3, 0.4) is 0 Å². The predicted octanol–water partition coefficient (Wildman–Crippen LogP) is 5.78. The topological polar surface area (TPSA) is 38.3 Å². The van der Waals surface area contributed by atoms with Gasteiger partial charge in [0.1, 0.15) is 0 Å². The molecule has 1 aromatic rings. The van der Waals surface area contributed by atoms with Gasteiger partial charge in [0, 0.05) is 28.3 Å². The third kappa shape index (κ3) is 4.12. The van der Waals surface area contributed by atoms with E-state index in [2.05, 4.69) is 59.4 Å². The van der Waals surface area contributed by atoms with E-state index in [0.29, 0.717) is 11.8 Å². The zero-order valence-electron chi connectivity index (χ0n) is 16.5. The highest BCUT2D eigenvalue weighted by atomic mass is 79.9. The largest absolute Gasteiger partial charge is 0.370 e. The Labute approximate surface area is 171 Å². The lowest BCUT2D eigenvalue weighted by atomic mass is 9.66. The monoisotopic (exact) mass is 433 g/mol. The molecule has 1 saturated heterocycles. The first-order valence-corrected chi connectivity index (χ1v) is 11.5. The minimum Gasteiger partial charge on any atom is -0.370 e. The molecule has 1 amide bonds. The molecule has 0 unspecified atom stereocenters. The van der Waals surface area contributed by atoms with Gasteiger partial charge in [-0.1, -0.05) is 54.2 Å². The lowest BCUT2D eigenvalue weighted by Gasteiger charge is -2.52. The van der Waals surface area contributed by atoms with Crippen LogP contribution in [0.25, 0.3) is 0 Å². The Morgan fingerprint density at radius 1 is 1.22 bits per heavy atom. The number of benzene rings is 1. The molecule has 1 heterocycles. The molecule has 2 saturated carbocycles. The van der Waals surface area contributed by atoms with E-state index in [1.165, 1.54) is 24.8 Å². The Balaban J connectivity index is 1.59. The smallest absolute Gasteiger partial charge is 0.223 e. The fourth-order valence-corrected chi connectivity index (χ4v) is 6.04. The van der Waals surface area contributed by atoms with Gasteiger partial charge in [-0.15, -0.1) is 0 Å². The lowest BCUT2D eigenvalue weighted by molar-refractivity contribution is -0.155. The standard InChI is InChI=1S/C23H32BrNO2/c1-15-10-11-19-20(12-15)27-21(17-8-5-9-18(24)13-17)14-23(19,2)25-22(26)16-6-3-4-7-16/h5,8-9,13,15-16,19-21H,3-4,6-7,10-12,14H2,1-2H3,(H,25,26)/t15-,19-,20-,21-,23-/m0/s1. The molecule has 5 atom stereocenters. The van der Waals surface area contributed by atoms with E-state index in [-0.39, 0.29) is 29.6 Å². The second-order valence-electron chi connectivity index (χ2n) is 9.34. The fourth-order valence-electron chi connectivity index (χ4n) is 5.62. The first-order chi connectivity index (χ1) is 12.9. The molecule has 0 spiro atoms. The lowest BCUT2D eigenvalue weighted by Crippen LogP contribution is -2.61. The molecule has 3 aliphatic rings. The van der Waals surface area contributed by atoms with Crippen LogP contribution in [0, 0.1) is 17.8 Å². The van der Waals surface area contributed by atoms with Crippen LogP contribution in [0.2, 0.25) is 0 Å². The number of hydrogen-bond donors (Lipinski definition) is 1. The van der Waals surface area contributed by atoms with Crippen molar-refractivity contribution in [2.75, 3.05) is 0 Å². The van der Waals surface area contributed by atoms with Crippen LogP contribution in [0.4, 0.5) is 0 Å². The average molecular weight is 434 g/mol. The maximum atomic E-state index is 13.0. The van der Waals surface area contributed by atoms with Gasteiger partial charge in [0.2, 0.25) is 5.91 Å². The molecular weight excluding hydrogens is 402 g/mol. The highest BCUT2D eigenvalue weighted by molar-refractivity contribution is 9.10. The summed E-state index contributed by atoms with van der Waals surface area (Å²) < 4.78 is 7.72. The second-order valence-corrected chi connectivity index (χ2v) is 10.3. The van der Waals surface area contributed by atoms with Crippen LogP contribution in [-0.4, -0.2) is 17.6 Å². The van der Waals surface area contributed by atoms with Crippen molar-refractivity contribution >= 4 is 21.8 Å². The molecule has 4 heteroatoms. The van der Waals surface area contributed by atoms with Crippen molar-refractivity contribution in [3.8, 4) is 0 Å². The Hall–Kier alpha value is -0.870. The number of hydrogen-bond acceptors (Lipinski definition) is 2. The first-order valence-electron chi connectivity index (χ1n) is 10.7. The normalized spacial score (nSPS) is 37.0. The summed E-state index contributed by atoms with van der Waals surface area (Å²) in [4.78, 5) is 13.0. The summed E-state index contributed by atoms with van der Waals surface area (Å²) in [5, 5.41) is 3.53. The molecule has 1 aromatic carbocycles. The minimum absolute atomic E-state index is 0.0444. The number of nitrogens with one attached hydrogen (secondary N) is 1. The second kappa shape index (κ2) is 7.87. The van der Waals surface area contributed by atoms with Crippen LogP contribution >= 0.6 is 15.9 Å². The van der Waals surface area contributed by atoms with Gasteiger partial charge in [0.05, 0.1) is 12.2 Å². The maximum Gasteiger partial charge on any atom is 0.223 e. The van der Waals surface area contributed by atoms with Crippen LogP contribution in [0.15, 0.2) is 28.7 Å². The summed E-state index contributed by atoms with van der Waals surface area (Å²) in [6.45, 7) is 4.61. The molecule has 0 bridgehead atoms. The van der Waals surface area contributed by atoms with Crippen LogP contribution < -0.4 is 5.32 Å². The summed E-state index contributed by atoms with van der Waals surface area (Å²) in [6.07, 6.45) is 9.13. The van der Waals surface area contributed by atoms with E-state index in [9.17, 15) is 4.79 Å². The number of amides is 1. The van der Waals surface area contributed by atoms with Crippen molar-refractivity contribution in [1.82, 2.24) is 5.32 Å². The Morgan fingerprint density at radius 2 is 2.00 bits per heavy atom. The molecule has 3 fully saturated rings. The minimum atomic E-state index is -0.185. The van der Waals surface area contributed by atoms with Crippen molar-refractivity contribution in [2.24, 2.45) is 17.8 Å². The van der Waals surface area contributed by atoms with Crippen molar-refractivity contribution in [1.29, 1.82) is 0 Å². The predicted molar refractivity (Wildman–Crippen MR) is 111 cm³/mol. The van der Waals surface area contributed by atoms with E-state index in [1.54, 1.807) is 0 Å². The molecule has 1 N–H and O–H groups in total. The molecule has 1 aliphatic heterocycles. The number of rotatable bonds is 3. The third-order valence-electron chi connectivity index (χ3n) is 7.18. The Morgan fingerprint density at radius 3 is 2.74 bits per heavy atom. The average Bonchev–Trinajstić information content (AvgIpc) is 3.16. The summed E-state index contributed by atoms with van der Waals surface area (Å²) in [6, 6.07) is 8.45. The number of fused-ring (bicyclic) bond motifs is 1. The van der Waals surface area contributed by atoms with Gasteiger partial charge in [-0.05, 0) is 56.2 Å². The zero-order chi connectivity index (χ0) is 19.0. The highest BCUT2D eigenvalue weighted by Crippen LogP contribution is 2.48. The van der Waals surface area contributed by atoms with Crippen LogP contribution in [-0.2, 0) is 9.53 Å². The van der Waals surface area contributed by atoms with Gasteiger partial charge in [0.15, 0.2) is 0 Å². The molecular formula is C23H32BrNO2. The van der Waals surface area contributed by atoms with Crippen molar-refractivity contribution in [2.45, 2.75) is 83.0 Å². The summed E-state index contributed by atoms with van der Waals surface area (Å²) in [7, 11) is 0. The Bertz CT molecular complexity index is 687. The SMILES string of the molecule is C[C@H]1CC[C@H]2[C@H](C1)O[C@H](c1cccc(Br)c1)C[C@]2(C)NC(=O)C1CCCC1. The molecule has 27 heavy (non-hydrogen) atoms. The van der Waals surface area contributed by atoms with Gasteiger partial charge >= 0.3 is 0 Å². The van der Waals surface area contributed by atoms with Crippen molar-refractivity contribution in [3.05, 3.63) is 34.3 Å². The van der Waals surface area contributed by atoms with E-state index >= 15 is 0 Å². The van der Waals surface area contributed by atoms with Crippen molar-refractivity contribution < 1.29 is 9.53 Å². The van der Waals surface area contributed by atoms with Crippen LogP contribution in [0.1, 0.15) is 76.9 Å². The van der Waals surface area contributed by atoms with Crippen LogP contribution in [0.5, 0.6) is 0 Å². The summed E-state index contributed by atoms with van der Waals surface area (Å²) >= 11 is 3.60. The summed E-state index contributed by atoms with van der Waals surface area (Å²) in [5.41, 5.74) is 1.03. The van der Waals surface area contributed by atoms with Gasteiger partial charge in [0.25, 0.3) is 0 Å². The number of ether oxygens (including phenoxy) is 1. The molecule has 4 rings (SSSR count). The summed E-state index contributed by atoms with van der Waals surface area (Å²) in [5.74, 6) is 1.61. The first kappa shape index (κ1) is 19.4. The van der Waals surface area contributed by atoms with E-state index in [1.807, 2.05) is 0 Å². The Kier molecular flexibility index (Phi) is 5.67. The number of carbonyl (C=O) groups excluding carboxylic acids is 1. The third-order valence-corrected chi connectivity index (χ3v) is 7.67. The molecule has 3 nitrogen and oxygen atoms in total. The van der Waals surface area contributed by atoms with Crippen molar-refractivity contribution in [3.63, 3.8) is 0 Å². The fraction of sp³-hybridized carbons (Fsp3) is 0.696. The molecule has 0 radical (unpaired) electrons. The maximum absolute atomic E-state index is 13.0. The number of carbonyl (C=O) groups is 1. The van der Waals surface area contributed by atoms with E-state index < -0.39 is 0 Å². The van der Waals surface area contributed by atoms with Gasteiger partial charge in [-0.3, -0.25) is 4.79 Å². The van der Waals surface area contributed by atoms with Gasteiger partial charge in [-0.2, -0.15) is 0 Å². The van der Waals surface area contributed by atoms with Gasteiger partial charge in [-0.25, -0.2) is 0 Å². The molecule has 148 valence electrons.